The summed E-state index contributed by atoms with van der Waals surface area (Å²) in [5.41, 5.74) is 0.252. The molecule has 0 aliphatic heterocycles. The van der Waals surface area contributed by atoms with E-state index in [1.54, 1.807) is 18.2 Å². The molecule has 1 aromatic carbocycles. The van der Waals surface area contributed by atoms with Crippen molar-refractivity contribution in [2.75, 3.05) is 6.61 Å². The molecule has 0 fully saturated rings. The lowest BCUT2D eigenvalue weighted by Gasteiger charge is -2.08. The van der Waals surface area contributed by atoms with Crippen LogP contribution in [0.4, 0.5) is 0 Å². The van der Waals surface area contributed by atoms with Crippen LogP contribution in [0.25, 0.3) is 0 Å². The summed E-state index contributed by atoms with van der Waals surface area (Å²) in [4.78, 5) is 11.2. The Morgan fingerprint density at radius 3 is 1.25 bits per heavy atom. The molecule has 3 nitrogen and oxygen atoms in total. The maximum atomic E-state index is 11.2. The highest BCUT2D eigenvalue weighted by Crippen LogP contribution is 2.19. The van der Waals surface area contributed by atoms with E-state index >= 15 is 0 Å². The molecular weight excluding hydrogens is 444 g/mol. The number of carbonyl (C=O) groups is 1. The van der Waals surface area contributed by atoms with Gasteiger partial charge in [-0.05, 0) is 18.6 Å². The molecule has 0 aliphatic carbocycles. The van der Waals surface area contributed by atoms with Crippen molar-refractivity contribution in [3.63, 3.8) is 0 Å². The molecule has 208 valence electrons. The summed E-state index contributed by atoms with van der Waals surface area (Å²) in [6.07, 6.45) is 33.4. The Labute approximate surface area is 223 Å². The standard InChI is InChI=1S/C33H58O3/c1-2-3-4-5-6-7-8-9-10-11-12-13-14-15-16-17-18-19-20-21-22-23-24-27-30-36-32-29-26-25-28-31(32)33(34)35/h25-26,28-29H,2-24,27,30H2,1H3,(H,34,35). The number of hydrogen-bond donors (Lipinski definition) is 1. The quantitative estimate of drug-likeness (QED) is 0.122. The normalized spacial score (nSPS) is 11.1. The second-order valence-corrected chi connectivity index (χ2v) is 10.8. The van der Waals surface area contributed by atoms with Crippen LogP contribution in [-0.4, -0.2) is 17.7 Å². The van der Waals surface area contributed by atoms with Gasteiger partial charge in [-0.15, -0.1) is 0 Å². The summed E-state index contributed by atoms with van der Waals surface area (Å²) in [6, 6.07) is 6.89. The molecule has 0 heterocycles. The van der Waals surface area contributed by atoms with E-state index in [0.717, 1.165) is 12.8 Å². The maximum absolute atomic E-state index is 11.2. The second kappa shape index (κ2) is 25.2. The van der Waals surface area contributed by atoms with E-state index in [9.17, 15) is 9.90 Å². The van der Waals surface area contributed by atoms with Crippen molar-refractivity contribution in [3.05, 3.63) is 29.8 Å². The minimum absolute atomic E-state index is 0.252. The van der Waals surface area contributed by atoms with Crippen molar-refractivity contribution in [2.24, 2.45) is 0 Å². The molecule has 0 unspecified atom stereocenters. The Kier molecular flexibility index (Phi) is 22.7. The summed E-state index contributed by atoms with van der Waals surface area (Å²) >= 11 is 0. The largest absolute Gasteiger partial charge is 0.493 e. The Hall–Kier alpha value is -1.51. The fourth-order valence-corrected chi connectivity index (χ4v) is 5.02. The predicted octanol–water partition coefficient (Wildman–Crippen LogP) is 11.1. The van der Waals surface area contributed by atoms with Crippen molar-refractivity contribution < 1.29 is 14.6 Å². The molecule has 0 radical (unpaired) electrons. The Bertz CT molecular complexity index is 613. The third kappa shape index (κ3) is 19.7. The van der Waals surface area contributed by atoms with E-state index in [1.807, 2.05) is 6.07 Å². The zero-order valence-corrected chi connectivity index (χ0v) is 23.8. The number of para-hydroxylation sites is 1. The van der Waals surface area contributed by atoms with Crippen LogP contribution in [0.2, 0.25) is 0 Å². The van der Waals surface area contributed by atoms with Crippen molar-refractivity contribution >= 4 is 5.97 Å². The Balaban J connectivity index is 1.72. The molecule has 0 aromatic heterocycles. The SMILES string of the molecule is CCCCCCCCCCCCCCCCCCCCCCCCCCOc1ccccc1C(=O)O. The zero-order valence-electron chi connectivity index (χ0n) is 23.8. The van der Waals surface area contributed by atoms with Gasteiger partial charge in [-0.3, -0.25) is 0 Å². The molecule has 1 N–H and O–H groups in total. The first kappa shape index (κ1) is 32.5. The van der Waals surface area contributed by atoms with Gasteiger partial charge in [0, 0.05) is 0 Å². The first-order chi connectivity index (χ1) is 17.8. The van der Waals surface area contributed by atoms with Crippen LogP contribution in [0.15, 0.2) is 24.3 Å². The maximum Gasteiger partial charge on any atom is 0.339 e. The molecular formula is C33H58O3. The third-order valence-corrected chi connectivity index (χ3v) is 7.37. The van der Waals surface area contributed by atoms with Gasteiger partial charge in [0.15, 0.2) is 0 Å². The van der Waals surface area contributed by atoms with E-state index in [1.165, 1.54) is 141 Å². The number of ether oxygens (including phenoxy) is 1. The lowest BCUT2D eigenvalue weighted by atomic mass is 10.0. The Morgan fingerprint density at radius 1 is 0.556 bits per heavy atom. The van der Waals surface area contributed by atoms with Gasteiger partial charge in [0.2, 0.25) is 0 Å². The van der Waals surface area contributed by atoms with Gasteiger partial charge in [-0.25, -0.2) is 4.79 Å². The Morgan fingerprint density at radius 2 is 0.889 bits per heavy atom. The molecule has 0 bridgehead atoms. The summed E-state index contributed by atoms with van der Waals surface area (Å²) in [5.74, 6) is -0.440. The molecule has 0 aliphatic rings. The van der Waals surface area contributed by atoms with Crippen LogP contribution < -0.4 is 4.74 Å². The highest BCUT2D eigenvalue weighted by Gasteiger charge is 2.09. The van der Waals surface area contributed by atoms with Crippen LogP contribution in [0.1, 0.15) is 171 Å². The minimum atomic E-state index is -0.926. The van der Waals surface area contributed by atoms with Gasteiger partial charge in [-0.1, -0.05) is 167 Å². The number of rotatable bonds is 27. The predicted molar refractivity (Wildman–Crippen MR) is 155 cm³/mol. The zero-order chi connectivity index (χ0) is 25.9. The molecule has 0 atom stereocenters. The van der Waals surface area contributed by atoms with E-state index in [0.29, 0.717) is 12.4 Å². The number of aromatic carboxylic acids is 1. The van der Waals surface area contributed by atoms with Gasteiger partial charge in [0.05, 0.1) is 6.61 Å². The number of carboxylic acid groups (broad SMARTS) is 1. The topological polar surface area (TPSA) is 46.5 Å². The molecule has 0 spiro atoms. The van der Waals surface area contributed by atoms with Crippen LogP contribution in [0.5, 0.6) is 5.75 Å². The van der Waals surface area contributed by atoms with Crippen LogP contribution in [0, 0.1) is 0 Å². The fourth-order valence-electron chi connectivity index (χ4n) is 5.02. The first-order valence-electron chi connectivity index (χ1n) is 15.7. The average Bonchev–Trinajstić information content (AvgIpc) is 2.88. The number of benzene rings is 1. The second-order valence-electron chi connectivity index (χ2n) is 10.8. The summed E-state index contributed by atoms with van der Waals surface area (Å²) < 4.78 is 5.67. The van der Waals surface area contributed by atoms with Gasteiger partial charge >= 0.3 is 5.97 Å². The summed E-state index contributed by atoms with van der Waals surface area (Å²) in [6.45, 7) is 2.89. The number of hydrogen-bond acceptors (Lipinski definition) is 2. The van der Waals surface area contributed by atoms with Gasteiger partial charge < -0.3 is 9.84 Å². The molecule has 1 aromatic rings. The lowest BCUT2D eigenvalue weighted by molar-refractivity contribution is 0.0692. The monoisotopic (exact) mass is 502 g/mol. The highest BCUT2D eigenvalue weighted by molar-refractivity contribution is 5.90. The summed E-state index contributed by atoms with van der Waals surface area (Å²) in [7, 11) is 0. The van der Waals surface area contributed by atoms with Gasteiger partial charge in [-0.2, -0.15) is 0 Å². The molecule has 0 saturated heterocycles. The highest BCUT2D eigenvalue weighted by atomic mass is 16.5. The van der Waals surface area contributed by atoms with Gasteiger partial charge in [0.1, 0.15) is 11.3 Å². The van der Waals surface area contributed by atoms with E-state index in [4.69, 9.17) is 4.74 Å². The van der Waals surface area contributed by atoms with Gasteiger partial charge in [0.25, 0.3) is 0 Å². The van der Waals surface area contributed by atoms with Crippen molar-refractivity contribution in [2.45, 2.75) is 161 Å². The molecule has 0 saturated carbocycles. The van der Waals surface area contributed by atoms with E-state index < -0.39 is 5.97 Å². The minimum Gasteiger partial charge on any atom is -0.493 e. The summed E-state index contributed by atoms with van der Waals surface area (Å²) in [5, 5.41) is 9.18. The van der Waals surface area contributed by atoms with Crippen molar-refractivity contribution in [1.82, 2.24) is 0 Å². The molecule has 0 amide bonds. The van der Waals surface area contributed by atoms with Crippen molar-refractivity contribution in [1.29, 1.82) is 0 Å². The molecule has 1 rings (SSSR count). The number of carboxylic acids is 1. The fraction of sp³-hybridized carbons (Fsp3) is 0.788. The average molecular weight is 503 g/mol. The van der Waals surface area contributed by atoms with Crippen LogP contribution in [0.3, 0.4) is 0 Å². The molecule has 3 heteroatoms. The molecule has 36 heavy (non-hydrogen) atoms. The third-order valence-electron chi connectivity index (χ3n) is 7.37. The van der Waals surface area contributed by atoms with Crippen molar-refractivity contribution in [3.8, 4) is 5.75 Å². The van der Waals surface area contributed by atoms with E-state index in [-0.39, 0.29) is 5.56 Å². The van der Waals surface area contributed by atoms with Crippen LogP contribution >= 0.6 is 0 Å². The smallest absolute Gasteiger partial charge is 0.339 e. The van der Waals surface area contributed by atoms with Crippen LogP contribution in [-0.2, 0) is 0 Å². The first-order valence-corrected chi connectivity index (χ1v) is 15.7. The number of unbranched alkanes of at least 4 members (excludes halogenated alkanes) is 23. The van der Waals surface area contributed by atoms with E-state index in [2.05, 4.69) is 6.92 Å². The lowest BCUT2D eigenvalue weighted by Crippen LogP contribution is -2.04.